The van der Waals surface area contributed by atoms with E-state index in [0.717, 1.165) is 28.6 Å². The lowest BCUT2D eigenvalue weighted by Crippen LogP contribution is -2.47. The van der Waals surface area contributed by atoms with Gasteiger partial charge < -0.3 is 25.1 Å². The summed E-state index contributed by atoms with van der Waals surface area (Å²) in [6.07, 6.45) is 2.70. The van der Waals surface area contributed by atoms with E-state index in [4.69, 9.17) is 9.47 Å². The molecule has 0 spiro atoms. The minimum atomic E-state index is -0.162. The quantitative estimate of drug-likeness (QED) is 0.652. The number of carbonyl (C=O) groups excluding carboxylic acids is 1. The lowest BCUT2D eigenvalue weighted by Gasteiger charge is -2.22. The van der Waals surface area contributed by atoms with Crippen LogP contribution in [0.15, 0.2) is 24.4 Å². The fourth-order valence-corrected chi connectivity index (χ4v) is 2.76. The second-order valence-corrected chi connectivity index (χ2v) is 6.36. The number of hydrogen-bond acceptors (Lipinski definition) is 3. The van der Waals surface area contributed by atoms with E-state index in [0.29, 0.717) is 25.7 Å². The molecule has 1 aromatic carbocycles. The second-order valence-electron chi connectivity index (χ2n) is 6.36. The summed E-state index contributed by atoms with van der Waals surface area (Å²) in [6.45, 7) is 7.82. The summed E-state index contributed by atoms with van der Waals surface area (Å²) in [5.74, 6) is 1.16. The number of benzene rings is 1. The molecule has 1 unspecified atom stereocenters. The molecule has 1 atom stereocenters. The summed E-state index contributed by atoms with van der Waals surface area (Å²) in [7, 11) is 1.67. The van der Waals surface area contributed by atoms with Gasteiger partial charge in [0.1, 0.15) is 5.75 Å². The van der Waals surface area contributed by atoms with Crippen LogP contribution < -0.4 is 15.4 Å². The van der Waals surface area contributed by atoms with Gasteiger partial charge in [0.25, 0.3) is 0 Å². The summed E-state index contributed by atoms with van der Waals surface area (Å²) >= 11 is 0. The van der Waals surface area contributed by atoms with Gasteiger partial charge in [0, 0.05) is 30.3 Å². The SMILES string of the molecule is CCOCC(NC(=O)NCCc1c[nH]c2cccc(OC)c12)C(C)C. The molecule has 6 heteroatoms. The van der Waals surface area contributed by atoms with Crippen molar-refractivity contribution < 1.29 is 14.3 Å². The zero-order valence-corrected chi connectivity index (χ0v) is 15.5. The lowest BCUT2D eigenvalue weighted by molar-refractivity contribution is 0.110. The summed E-state index contributed by atoms with van der Waals surface area (Å²) in [5, 5.41) is 6.98. The van der Waals surface area contributed by atoms with E-state index in [2.05, 4.69) is 29.5 Å². The first-order valence-corrected chi connectivity index (χ1v) is 8.81. The molecule has 3 N–H and O–H groups in total. The number of amides is 2. The van der Waals surface area contributed by atoms with E-state index in [-0.39, 0.29) is 12.1 Å². The maximum atomic E-state index is 12.1. The zero-order chi connectivity index (χ0) is 18.2. The van der Waals surface area contributed by atoms with Crippen LogP contribution in [0, 0.1) is 5.92 Å². The van der Waals surface area contributed by atoms with Crippen molar-refractivity contribution in [2.75, 3.05) is 26.9 Å². The van der Waals surface area contributed by atoms with E-state index in [1.165, 1.54) is 0 Å². The Morgan fingerprint density at radius 3 is 2.80 bits per heavy atom. The topological polar surface area (TPSA) is 75.4 Å². The number of aromatic amines is 1. The molecule has 0 bridgehead atoms. The molecule has 1 heterocycles. The van der Waals surface area contributed by atoms with Crippen molar-refractivity contribution in [2.45, 2.75) is 33.2 Å². The molecule has 0 aliphatic rings. The molecule has 6 nitrogen and oxygen atoms in total. The van der Waals surface area contributed by atoms with Crippen LogP contribution in [0.4, 0.5) is 4.79 Å². The fraction of sp³-hybridized carbons (Fsp3) is 0.526. The number of carbonyl (C=O) groups is 1. The monoisotopic (exact) mass is 347 g/mol. The van der Waals surface area contributed by atoms with Gasteiger partial charge in [-0.05, 0) is 37.0 Å². The third-order valence-electron chi connectivity index (χ3n) is 4.27. The number of rotatable bonds is 9. The van der Waals surface area contributed by atoms with Crippen molar-refractivity contribution >= 4 is 16.9 Å². The molecule has 138 valence electrons. The van der Waals surface area contributed by atoms with Crippen LogP contribution >= 0.6 is 0 Å². The molecular formula is C19H29N3O3. The van der Waals surface area contributed by atoms with Crippen LogP contribution in [0.5, 0.6) is 5.75 Å². The number of aromatic nitrogens is 1. The Morgan fingerprint density at radius 1 is 1.32 bits per heavy atom. The predicted octanol–water partition coefficient (Wildman–Crippen LogP) is 3.08. The van der Waals surface area contributed by atoms with Gasteiger partial charge >= 0.3 is 6.03 Å². The molecule has 2 rings (SSSR count). The highest BCUT2D eigenvalue weighted by Gasteiger charge is 2.16. The largest absolute Gasteiger partial charge is 0.496 e. The Bertz CT molecular complexity index is 682. The first-order valence-electron chi connectivity index (χ1n) is 8.81. The highest BCUT2D eigenvalue weighted by atomic mass is 16.5. The van der Waals surface area contributed by atoms with Crippen LogP contribution in [0.3, 0.4) is 0 Å². The second kappa shape index (κ2) is 9.32. The maximum absolute atomic E-state index is 12.1. The van der Waals surface area contributed by atoms with Gasteiger partial charge in [0.05, 0.1) is 19.8 Å². The Hall–Kier alpha value is -2.21. The van der Waals surface area contributed by atoms with Crippen LogP contribution in [0.1, 0.15) is 26.3 Å². The summed E-state index contributed by atoms with van der Waals surface area (Å²) < 4.78 is 10.9. The number of hydrogen-bond donors (Lipinski definition) is 3. The molecule has 0 aliphatic heterocycles. The highest BCUT2D eigenvalue weighted by Crippen LogP contribution is 2.28. The van der Waals surface area contributed by atoms with Gasteiger partial charge in [0.15, 0.2) is 0 Å². The zero-order valence-electron chi connectivity index (χ0n) is 15.5. The molecule has 1 aromatic heterocycles. The molecule has 0 saturated carbocycles. The molecule has 0 aliphatic carbocycles. The number of fused-ring (bicyclic) bond motifs is 1. The first kappa shape index (κ1) is 19.1. The molecule has 25 heavy (non-hydrogen) atoms. The average Bonchev–Trinajstić information content (AvgIpc) is 3.01. The Kier molecular flexibility index (Phi) is 7.13. The smallest absolute Gasteiger partial charge is 0.315 e. The summed E-state index contributed by atoms with van der Waals surface area (Å²) in [6, 6.07) is 5.76. The molecular weight excluding hydrogens is 318 g/mol. The number of methoxy groups -OCH3 is 1. The van der Waals surface area contributed by atoms with Crippen molar-refractivity contribution in [3.63, 3.8) is 0 Å². The van der Waals surface area contributed by atoms with Gasteiger partial charge in [0.2, 0.25) is 0 Å². The van der Waals surface area contributed by atoms with E-state index in [1.54, 1.807) is 7.11 Å². The average molecular weight is 347 g/mol. The summed E-state index contributed by atoms with van der Waals surface area (Å²) in [4.78, 5) is 15.4. The van der Waals surface area contributed by atoms with Gasteiger partial charge in [-0.1, -0.05) is 19.9 Å². The van der Waals surface area contributed by atoms with Crippen molar-refractivity contribution in [2.24, 2.45) is 5.92 Å². The minimum Gasteiger partial charge on any atom is -0.496 e. The van der Waals surface area contributed by atoms with Crippen molar-refractivity contribution in [1.29, 1.82) is 0 Å². The normalized spacial score (nSPS) is 12.4. The van der Waals surface area contributed by atoms with E-state index < -0.39 is 0 Å². The molecule has 0 radical (unpaired) electrons. The molecule has 2 aromatic rings. The number of nitrogens with one attached hydrogen (secondary N) is 3. The third kappa shape index (κ3) is 5.13. The Labute approximate surface area is 149 Å². The first-order chi connectivity index (χ1) is 12.1. The van der Waals surface area contributed by atoms with Crippen molar-refractivity contribution in [1.82, 2.24) is 15.6 Å². The number of H-pyrrole nitrogens is 1. The van der Waals surface area contributed by atoms with E-state index in [9.17, 15) is 4.79 Å². The van der Waals surface area contributed by atoms with Gasteiger partial charge in [-0.15, -0.1) is 0 Å². The van der Waals surface area contributed by atoms with E-state index >= 15 is 0 Å². The summed E-state index contributed by atoms with van der Waals surface area (Å²) in [5.41, 5.74) is 2.16. The lowest BCUT2D eigenvalue weighted by atomic mass is 10.1. The molecule has 0 fully saturated rings. The third-order valence-corrected chi connectivity index (χ3v) is 4.27. The fourth-order valence-electron chi connectivity index (χ4n) is 2.76. The highest BCUT2D eigenvalue weighted by molar-refractivity contribution is 5.89. The maximum Gasteiger partial charge on any atom is 0.315 e. The standard InChI is InChI=1S/C19H29N3O3/c1-5-25-12-16(13(2)3)22-19(23)20-10-9-14-11-21-15-7-6-8-17(24-4)18(14)15/h6-8,11,13,16,21H,5,9-10,12H2,1-4H3,(H2,20,22,23). The Balaban J connectivity index is 1.89. The van der Waals surface area contributed by atoms with Crippen LogP contribution in [0.2, 0.25) is 0 Å². The van der Waals surface area contributed by atoms with Gasteiger partial charge in [-0.2, -0.15) is 0 Å². The number of urea groups is 1. The van der Waals surface area contributed by atoms with Gasteiger partial charge in [-0.25, -0.2) is 4.79 Å². The van der Waals surface area contributed by atoms with Crippen molar-refractivity contribution in [3.8, 4) is 5.75 Å². The molecule has 2 amide bonds. The molecule has 0 saturated heterocycles. The van der Waals surface area contributed by atoms with Crippen molar-refractivity contribution in [3.05, 3.63) is 30.0 Å². The van der Waals surface area contributed by atoms with Gasteiger partial charge in [-0.3, -0.25) is 0 Å². The predicted molar refractivity (Wildman–Crippen MR) is 100 cm³/mol. The number of ether oxygens (including phenoxy) is 2. The van der Waals surface area contributed by atoms with Crippen LogP contribution in [-0.4, -0.2) is 43.9 Å². The van der Waals surface area contributed by atoms with Crippen LogP contribution in [0.25, 0.3) is 10.9 Å². The van der Waals surface area contributed by atoms with E-state index in [1.807, 2.05) is 31.3 Å². The Morgan fingerprint density at radius 2 is 2.12 bits per heavy atom. The minimum absolute atomic E-state index is 0.00753. The van der Waals surface area contributed by atoms with Crippen LogP contribution in [-0.2, 0) is 11.2 Å².